The minimum atomic E-state index is 0. The SMILES string of the molecule is CN=C(NCC1CCN(CCOC)CC1)N1CCN(Cc2ccc(Cl)s2)CC1.I. The number of piperidine rings is 1. The van der Waals surface area contributed by atoms with Gasteiger partial charge in [0.2, 0.25) is 0 Å². The summed E-state index contributed by atoms with van der Waals surface area (Å²) < 4.78 is 6.07. The molecule has 2 aliphatic heterocycles. The lowest BCUT2D eigenvalue weighted by Crippen LogP contribution is -2.53. The highest BCUT2D eigenvalue weighted by atomic mass is 127. The molecule has 6 nitrogen and oxygen atoms in total. The van der Waals surface area contributed by atoms with E-state index in [0.29, 0.717) is 0 Å². The van der Waals surface area contributed by atoms with E-state index in [-0.39, 0.29) is 24.0 Å². The number of methoxy groups -OCH3 is 1. The van der Waals surface area contributed by atoms with Crippen LogP contribution in [0, 0.1) is 5.92 Å². The smallest absolute Gasteiger partial charge is 0.193 e. The van der Waals surface area contributed by atoms with E-state index < -0.39 is 0 Å². The highest BCUT2D eigenvalue weighted by molar-refractivity contribution is 14.0. The lowest BCUT2D eigenvalue weighted by molar-refractivity contribution is 0.120. The molecule has 0 amide bonds. The average molecular weight is 556 g/mol. The van der Waals surface area contributed by atoms with Crippen molar-refractivity contribution in [3.8, 4) is 0 Å². The predicted octanol–water partition coefficient (Wildman–Crippen LogP) is 3.07. The van der Waals surface area contributed by atoms with Crippen molar-refractivity contribution in [1.82, 2.24) is 20.0 Å². The van der Waals surface area contributed by atoms with E-state index in [4.69, 9.17) is 16.3 Å². The standard InChI is InChI=1S/C20H34ClN5OS.HI/c1-22-20(23-15-17-5-7-24(8-6-17)13-14-27-2)26-11-9-25(10-12-26)16-18-3-4-19(21)28-18;/h3-4,17H,5-16H2,1-2H3,(H,22,23);1H. The van der Waals surface area contributed by atoms with Crippen molar-refractivity contribution >= 4 is 52.9 Å². The normalized spacial score (nSPS) is 20.0. The maximum Gasteiger partial charge on any atom is 0.193 e. The van der Waals surface area contributed by atoms with E-state index in [1.165, 1.54) is 30.8 Å². The Kier molecular flexibility index (Phi) is 11.5. The number of thiophene rings is 1. The fraction of sp³-hybridized carbons (Fsp3) is 0.750. The molecule has 166 valence electrons. The van der Waals surface area contributed by atoms with Gasteiger partial charge in [0, 0.05) is 64.8 Å². The quantitative estimate of drug-likeness (QED) is 0.318. The fourth-order valence-electron chi connectivity index (χ4n) is 3.98. The number of nitrogens with one attached hydrogen (secondary N) is 1. The van der Waals surface area contributed by atoms with Crippen molar-refractivity contribution in [2.45, 2.75) is 19.4 Å². The van der Waals surface area contributed by atoms with Crippen molar-refractivity contribution in [1.29, 1.82) is 0 Å². The number of rotatable bonds is 7. The van der Waals surface area contributed by atoms with Crippen LogP contribution in [0.2, 0.25) is 4.34 Å². The highest BCUT2D eigenvalue weighted by Gasteiger charge is 2.22. The molecule has 0 aromatic carbocycles. The molecule has 0 saturated carbocycles. The predicted molar refractivity (Wildman–Crippen MR) is 134 cm³/mol. The van der Waals surface area contributed by atoms with E-state index in [0.717, 1.165) is 68.6 Å². The van der Waals surface area contributed by atoms with Gasteiger partial charge in [0.1, 0.15) is 0 Å². The second-order valence-electron chi connectivity index (χ2n) is 7.67. The lowest BCUT2D eigenvalue weighted by atomic mass is 9.97. The molecule has 0 spiro atoms. The third kappa shape index (κ3) is 8.14. The fourth-order valence-corrected chi connectivity index (χ4v) is 5.11. The van der Waals surface area contributed by atoms with Crippen molar-refractivity contribution < 1.29 is 4.74 Å². The van der Waals surface area contributed by atoms with Crippen LogP contribution >= 0.6 is 46.9 Å². The molecule has 9 heteroatoms. The summed E-state index contributed by atoms with van der Waals surface area (Å²) in [5.74, 6) is 1.79. The van der Waals surface area contributed by atoms with E-state index in [1.54, 1.807) is 18.4 Å². The summed E-state index contributed by atoms with van der Waals surface area (Å²) in [6.45, 7) is 10.4. The Bertz CT molecular complexity index is 616. The number of hydrogen-bond donors (Lipinski definition) is 1. The van der Waals surface area contributed by atoms with Crippen LogP contribution in [0.5, 0.6) is 0 Å². The number of aliphatic imine (C=N–C) groups is 1. The molecule has 2 saturated heterocycles. The van der Waals surface area contributed by atoms with E-state index in [1.807, 2.05) is 13.1 Å². The second kappa shape index (κ2) is 13.3. The monoisotopic (exact) mass is 555 g/mol. The molecule has 1 N–H and O–H groups in total. The first-order valence-electron chi connectivity index (χ1n) is 10.3. The molecule has 0 atom stereocenters. The van der Waals surface area contributed by atoms with Gasteiger partial charge in [0.25, 0.3) is 0 Å². The molecule has 0 unspecified atom stereocenters. The van der Waals surface area contributed by atoms with Crippen LogP contribution in [0.25, 0.3) is 0 Å². The zero-order chi connectivity index (χ0) is 19.8. The molecule has 0 radical (unpaired) electrons. The summed E-state index contributed by atoms with van der Waals surface area (Å²) in [5.41, 5.74) is 0. The van der Waals surface area contributed by atoms with Crippen LogP contribution in [-0.2, 0) is 11.3 Å². The van der Waals surface area contributed by atoms with Gasteiger partial charge in [0.15, 0.2) is 5.96 Å². The maximum atomic E-state index is 6.05. The van der Waals surface area contributed by atoms with Gasteiger partial charge in [-0.15, -0.1) is 35.3 Å². The van der Waals surface area contributed by atoms with Crippen LogP contribution < -0.4 is 5.32 Å². The minimum Gasteiger partial charge on any atom is -0.383 e. The lowest BCUT2D eigenvalue weighted by Gasteiger charge is -2.37. The molecule has 3 rings (SSSR count). The Balaban J connectivity index is 0.00000300. The number of halogens is 2. The third-order valence-electron chi connectivity index (χ3n) is 5.76. The molecule has 1 aromatic heterocycles. The highest BCUT2D eigenvalue weighted by Crippen LogP contribution is 2.23. The minimum absolute atomic E-state index is 0. The zero-order valence-electron chi connectivity index (χ0n) is 17.6. The molecule has 2 aliphatic rings. The van der Waals surface area contributed by atoms with Crippen molar-refractivity contribution in [2.24, 2.45) is 10.9 Å². The summed E-state index contributed by atoms with van der Waals surface area (Å²) in [5, 5.41) is 3.63. The van der Waals surface area contributed by atoms with E-state index in [9.17, 15) is 0 Å². The van der Waals surface area contributed by atoms with Crippen molar-refractivity contribution in [3.05, 3.63) is 21.3 Å². The maximum absolute atomic E-state index is 6.05. The van der Waals surface area contributed by atoms with E-state index >= 15 is 0 Å². The summed E-state index contributed by atoms with van der Waals surface area (Å²) in [4.78, 5) is 13.3. The van der Waals surface area contributed by atoms with E-state index in [2.05, 4.69) is 31.1 Å². The van der Waals surface area contributed by atoms with Gasteiger partial charge in [-0.2, -0.15) is 0 Å². The Morgan fingerprint density at radius 3 is 2.48 bits per heavy atom. The van der Waals surface area contributed by atoms with Crippen LogP contribution in [-0.4, -0.2) is 93.8 Å². The molecular weight excluding hydrogens is 521 g/mol. The number of likely N-dealkylation sites (tertiary alicyclic amines) is 1. The first-order valence-corrected chi connectivity index (χ1v) is 11.5. The number of piperazine rings is 1. The Morgan fingerprint density at radius 1 is 1.17 bits per heavy atom. The molecule has 2 fully saturated rings. The summed E-state index contributed by atoms with van der Waals surface area (Å²) in [6.07, 6.45) is 2.51. The van der Waals surface area contributed by atoms with Gasteiger partial charge < -0.3 is 19.9 Å². The number of ether oxygens (including phenoxy) is 1. The van der Waals surface area contributed by atoms with Crippen LogP contribution in [0.15, 0.2) is 17.1 Å². The molecule has 1 aromatic rings. The van der Waals surface area contributed by atoms with Crippen LogP contribution in [0.1, 0.15) is 17.7 Å². The second-order valence-corrected chi connectivity index (χ2v) is 9.47. The topological polar surface area (TPSA) is 43.3 Å². The average Bonchev–Trinajstić information content (AvgIpc) is 3.13. The Hall–Kier alpha value is -0.130. The zero-order valence-corrected chi connectivity index (χ0v) is 21.5. The Morgan fingerprint density at radius 2 is 1.90 bits per heavy atom. The van der Waals surface area contributed by atoms with Gasteiger partial charge in [-0.1, -0.05) is 11.6 Å². The van der Waals surface area contributed by atoms with Crippen LogP contribution in [0.4, 0.5) is 0 Å². The molecule has 29 heavy (non-hydrogen) atoms. The van der Waals surface area contributed by atoms with Gasteiger partial charge in [-0.05, 0) is 44.0 Å². The summed E-state index contributed by atoms with van der Waals surface area (Å²) in [6, 6.07) is 4.13. The molecule has 0 bridgehead atoms. The Labute approximate surface area is 201 Å². The van der Waals surface area contributed by atoms with Crippen LogP contribution in [0.3, 0.4) is 0 Å². The molecular formula is C20H35ClIN5OS. The van der Waals surface area contributed by atoms with Gasteiger partial charge >= 0.3 is 0 Å². The molecule has 3 heterocycles. The third-order valence-corrected chi connectivity index (χ3v) is 6.98. The number of nitrogens with zero attached hydrogens (tertiary/aromatic N) is 4. The summed E-state index contributed by atoms with van der Waals surface area (Å²) in [7, 11) is 3.68. The van der Waals surface area contributed by atoms with Gasteiger partial charge in [-0.25, -0.2) is 0 Å². The van der Waals surface area contributed by atoms with Crippen molar-refractivity contribution in [2.75, 3.05) is 73.1 Å². The van der Waals surface area contributed by atoms with Gasteiger partial charge in [0.05, 0.1) is 10.9 Å². The number of guanidine groups is 1. The summed E-state index contributed by atoms with van der Waals surface area (Å²) >= 11 is 7.74. The van der Waals surface area contributed by atoms with Gasteiger partial charge in [-0.3, -0.25) is 9.89 Å². The number of hydrogen-bond acceptors (Lipinski definition) is 5. The van der Waals surface area contributed by atoms with Crippen molar-refractivity contribution in [3.63, 3.8) is 0 Å². The largest absolute Gasteiger partial charge is 0.383 e. The molecule has 0 aliphatic carbocycles. The first-order chi connectivity index (χ1) is 13.7. The first kappa shape index (κ1) is 25.1.